The summed E-state index contributed by atoms with van der Waals surface area (Å²) in [6, 6.07) is 5.50. The number of nitrogens with one attached hydrogen (secondary N) is 3. The van der Waals surface area contributed by atoms with Gasteiger partial charge < -0.3 is 15.4 Å². The van der Waals surface area contributed by atoms with Gasteiger partial charge in [0.05, 0.1) is 12.7 Å². The van der Waals surface area contributed by atoms with Crippen molar-refractivity contribution in [1.29, 1.82) is 0 Å². The third-order valence-electron chi connectivity index (χ3n) is 4.71. The molecule has 0 bridgehead atoms. The summed E-state index contributed by atoms with van der Waals surface area (Å²) in [5, 5.41) is 10.1. The SMILES string of the molecule is COc1cc(NC(C)=O)ccc1C(=O)Nc1nc(C(=O)NCCN(C(C)C)C(C)C)cs1.Cl.Cl. The number of benzene rings is 1. The third kappa shape index (κ3) is 9.09. The Bertz CT molecular complexity index is 961. The van der Waals surface area contributed by atoms with Gasteiger partial charge in [-0.1, -0.05) is 0 Å². The van der Waals surface area contributed by atoms with Gasteiger partial charge in [0.15, 0.2) is 5.13 Å². The molecule has 0 saturated carbocycles. The zero-order chi connectivity index (χ0) is 23.8. The van der Waals surface area contributed by atoms with Crippen molar-refractivity contribution in [1.82, 2.24) is 15.2 Å². The molecule has 34 heavy (non-hydrogen) atoms. The Hall–Kier alpha value is -2.40. The number of nitrogens with zero attached hydrogens (tertiary/aromatic N) is 2. The highest BCUT2D eigenvalue weighted by molar-refractivity contribution is 7.14. The Morgan fingerprint density at radius 3 is 2.26 bits per heavy atom. The van der Waals surface area contributed by atoms with Crippen LogP contribution in [0.1, 0.15) is 55.5 Å². The van der Waals surface area contributed by atoms with Gasteiger partial charge in [-0.05, 0) is 39.8 Å². The zero-order valence-corrected chi connectivity index (χ0v) is 22.6. The maximum Gasteiger partial charge on any atom is 0.270 e. The molecular weight excluding hydrogens is 501 g/mol. The van der Waals surface area contributed by atoms with E-state index in [0.717, 1.165) is 17.9 Å². The van der Waals surface area contributed by atoms with Gasteiger partial charge in [-0.2, -0.15) is 0 Å². The van der Waals surface area contributed by atoms with E-state index in [1.165, 1.54) is 14.0 Å². The minimum atomic E-state index is -0.429. The average molecular weight is 535 g/mol. The number of hydrogen-bond acceptors (Lipinski definition) is 7. The minimum absolute atomic E-state index is 0. The topological polar surface area (TPSA) is 113 Å². The number of aromatic nitrogens is 1. The molecule has 1 aromatic carbocycles. The van der Waals surface area contributed by atoms with Crippen molar-refractivity contribution in [2.45, 2.75) is 46.7 Å². The Morgan fingerprint density at radius 2 is 1.71 bits per heavy atom. The van der Waals surface area contributed by atoms with Gasteiger partial charge in [-0.25, -0.2) is 4.98 Å². The first-order valence-electron chi connectivity index (χ1n) is 10.4. The molecule has 9 nitrogen and oxygen atoms in total. The van der Waals surface area contributed by atoms with Gasteiger partial charge in [0, 0.05) is 49.2 Å². The van der Waals surface area contributed by atoms with Crippen molar-refractivity contribution in [2.24, 2.45) is 0 Å². The van der Waals surface area contributed by atoms with Crippen LogP contribution in [-0.4, -0.2) is 59.9 Å². The molecule has 3 N–H and O–H groups in total. The third-order valence-corrected chi connectivity index (χ3v) is 5.46. The molecule has 190 valence electrons. The summed E-state index contributed by atoms with van der Waals surface area (Å²) in [4.78, 5) is 42.8. The summed E-state index contributed by atoms with van der Waals surface area (Å²) in [6.45, 7) is 11.1. The number of carbonyl (C=O) groups is 3. The van der Waals surface area contributed by atoms with Crippen LogP contribution in [0.5, 0.6) is 5.75 Å². The molecule has 0 radical (unpaired) electrons. The molecule has 3 amide bonds. The lowest BCUT2D eigenvalue weighted by Crippen LogP contribution is -2.42. The van der Waals surface area contributed by atoms with Gasteiger partial charge in [0.2, 0.25) is 5.91 Å². The molecule has 0 saturated heterocycles. The first-order chi connectivity index (χ1) is 15.1. The van der Waals surface area contributed by atoms with E-state index in [0.29, 0.717) is 35.2 Å². The van der Waals surface area contributed by atoms with E-state index in [9.17, 15) is 14.4 Å². The number of anilines is 2. The molecule has 12 heteroatoms. The molecule has 0 fully saturated rings. The summed E-state index contributed by atoms with van der Waals surface area (Å²) < 4.78 is 5.27. The first kappa shape index (κ1) is 31.6. The summed E-state index contributed by atoms with van der Waals surface area (Å²) in [6.07, 6.45) is 0. The molecule has 0 aliphatic heterocycles. The monoisotopic (exact) mass is 533 g/mol. The number of amides is 3. The number of methoxy groups -OCH3 is 1. The predicted molar refractivity (Wildman–Crippen MR) is 141 cm³/mol. The van der Waals surface area contributed by atoms with E-state index in [4.69, 9.17) is 4.74 Å². The number of thiazole rings is 1. The standard InChI is InChI=1S/C22H31N5O4S.2ClH/c1-13(2)27(14(3)4)10-9-23-21(30)18-12-32-22(25-18)26-20(29)17-8-7-16(24-15(5)28)11-19(17)31-6;;/h7-8,11-14H,9-10H2,1-6H3,(H,23,30)(H,24,28)(H,25,26,29);2*1H. The van der Waals surface area contributed by atoms with E-state index in [-0.39, 0.29) is 47.9 Å². The van der Waals surface area contributed by atoms with Crippen molar-refractivity contribution in [3.05, 3.63) is 34.8 Å². The van der Waals surface area contributed by atoms with Gasteiger partial charge in [0.1, 0.15) is 11.4 Å². The first-order valence-corrected chi connectivity index (χ1v) is 11.3. The average Bonchev–Trinajstić information content (AvgIpc) is 3.18. The van der Waals surface area contributed by atoms with E-state index in [2.05, 4.69) is 53.5 Å². The van der Waals surface area contributed by atoms with Crippen LogP contribution < -0.4 is 20.7 Å². The van der Waals surface area contributed by atoms with Crippen LogP contribution in [0.15, 0.2) is 23.6 Å². The Morgan fingerprint density at radius 1 is 1.06 bits per heavy atom. The quantitative estimate of drug-likeness (QED) is 0.424. The molecule has 2 aromatic rings. The van der Waals surface area contributed by atoms with Crippen LogP contribution in [0.3, 0.4) is 0 Å². The Balaban J connectivity index is 0.00000544. The molecule has 2 rings (SSSR count). The van der Waals surface area contributed by atoms with Gasteiger partial charge >= 0.3 is 0 Å². The molecule has 0 atom stereocenters. The van der Waals surface area contributed by atoms with Crippen LogP contribution in [0.2, 0.25) is 0 Å². The van der Waals surface area contributed by atoms with Gasteiger partial charge in [0.25, 0.3) is 11.8 Å². The minimum Gasteiger partial charge on any atom is -0.496 e. The summed E-state index contributed by atoms with van der Waals surface area (Å²) >= 11 is 1.16. The van der Waals surface area contributed by atoms with Crippen molar-refractivity contribution in [2.75, 3.05) is 30.8 Å². The number of hydrogen-bond donors (Lipinski definition) is 3. The highest BCUT2D eigenvalue weighted by Gasteiger charge is 2.18. The largest absolute Gasteiger partial charge is 0.496 e. The Kier molecular flexibility index (Phi) is 13.7. The van der Waals surface area contributed by atoms with Crippen LogP contribution in [-0.2, 0) is 4.79 Å². The molecule has 0 spiro atoms. The lowest BCUT2D eigenvalue weighted by atomic mass is 10.1. The molecule has 0 unspecified atom stereocenters. The number of rotatable bonds is 10. The van der Waals surface area contributed by atoms with Crippen LogP contribution in [0.25, 0.3) is 0 Å². The summed E-state index contributed by atoms with van der Waals surface area (Å²) in [5.41, 5.74) is 1.05. The molecular formula is C22H33Cl2N5O4S. The van der Waals surface area contributed by atoms with Crippen LogP contribution in [0, 0.1) is 0 Å². The summed E-state index contributed by atoms with van der Waals surface area (Å²) in [7, 11) is 1.44. The lowest BCUT2D eigenvalue weighted by molar-refractivity contribution is -0.114. The van der Waals surface area contributed by atoms with Crippen molar-refractivity contribution in [3.8, 4) is 5.75 Å². The summed E-state index contributed by atoms with van der Waals surface area (Å²) in [5.74, 6) is -0.629. The van der Waals surface area contributed by atoms with E-state index in [1.54, 1.807) is 23.6 Å². The molecule has 1 heterocycles. The van der Waals surface area contributed by atoms with Gasteiger partial charge in [-0.15, -0.1) is 36.2 Å². The fourth-order valence-corrected chi connectivity index (χ4v) is 3.95. The Labute approximate surface area is 216 Å². The normalized spacial score (nSPS) is 10.4. The highest BCUT2D eigenvalue weighted by atomic mass is 35.5. The predicted octanol–water partition coefficient (Wildman–Crippen LogP) is 4.05. The molecule has 0 aliphatic carbocycles. The second-order valence-electron chi connectivity index (χ2n) is 7.77. The smallest absolute Gasteiger partial charge is 0.270 e. The lowest BCUT2D eigenvalue weighted by Gasteiger charge is -2.30. The van der Waals surface area contributed by atoms with Crippen LogP contribution >= 0.6 is 36.2 Å². The second kappa shape index (κ2) is 14.8. The van der Waals surface area contributed by atoms with E-state index < -0.39 is 5.91 Å². The number of halogens is 2. The molecule has 1 aromatic heterocycles. The number of carbonyl (C=O) groups excluding carboxylic acids is 3. The maximum absolute atomic E-state index is 12.7. The van der Waals surface area contributed by atoms with E-state index >= 15 is 0 Å². The van der Waals surface area contributed by atoms with Crippen molar-refractivity contribution in [3.63, 3.8) is 0 Å². The van der Waals surface area contributed by atoms with Crippen molar-refractivity contribution < 1.29 is 19.1 Å². The fourth-order valence-electron chi connectivity index (χ4n) is 3.26. The fraction of sp³-hybridized carbons (Fsp3) is 0.455. The zero-order valence-electron chi connectivity index (χ0n) is 20.1. The van der Waals surface area contributed by atoms with E-state index in [1.807, 2.05) is 0 Å². The van der Waals surface area contributed by atoms with Crippen molar-refractivity contribution >= 4 is 64.7 Å². The highest BCUT2D eigenvalue weighted by Crippen LogP contribution is 2.25. The number of ether oxygens (including phenoxy) is 1. The second-order valence-corrected chi connectivity index (χ2v) is 8.63. The molecule has 0 aliphatic rings. The van der Waals surface area contributed by atoms with Gasteiger partial charge in [-0.3, -0.25) is 24.6 Å². The van der Waals surface area contributed by atoms with Crippen LogP contribution in [0.4, 0.5) is 10.8 Å². The maximum atomic E-state index is 12.7.